The second kappa shape index (κ2) is 6.47. The maximum Gasteiger partial charge on any atom is 0.340 e. The van der Waals surface area contributed by atoms with Gasteiger partial charge in [0.05, 0.1) is 17.7 Å². The minimum Gasteiger partial charge on any atom is -0.462 e. The first-order chi connectivity index (χ1) is 10.9. The van der Waals surface area contributed by atoms with E-state index in [9.17, 15) is 13.9 Å². The van der Waals surface area contributed by atoms with Crippen LogP contribution in [0.5, 0.6) is 0 Å². The summed E-state index contributed by atoms with van der Waals surface area (Å²) in [5.74, 6) is 0.608. The van der Waals surface area contributed by atoms with Crippen LogP contribution in [0.25, 0.3) is 10.9 Å². The lowest BCUT2D eigenvalue weighted by atomic mass is 9.95. The van der Waals surface area contributed by atoms with E-state index in [0.29, 0.717) is 23.7 Å². The maximum absolute atomic E-state index is 12.2. The van der Waals surface area contributed by atoms with E-state index in [-0.39, 0.29) is 11.9 Å². The van der Waals surface area contributed by atoms with Crippen molar-refractivity contribution >= 4 is 43.4 Å². The molecule has 1 aromatic heterocycles. The van der Waals surface area contributed by atoms with Crippen LogP contribution < -0.4 is 0 Å². The van der Waals surface area contributed by atoms with Crippen molar-refractivity contribution in [2.45, 2.75) is 25.7 Å². The third kappa shape index (κ3) is 3.42. The smallest absolute Gasteiger partial charge is 0.340 e. The summed E-state index contributed by atoms with van der Waals surface area (Å²) in [5.41, 5.74) is 2.26. The molecule has 1 saturated heterocycles. The number of benzene rings is 1. The van der Waals surface area contributed by atoms with Crippen LogP contribution in [0.2, 0.25) is 0 Å². The molecule has 0 saturated carbocycles. The molecule has 5 nitrogen and oxygen atoms in total. The van der Waals surface area contributed by atoms with Gasteiger partial charge in [0.25, 0.3) is 0 Å². The molecule has 0 bridgehead atoms. The number of carbonyl (C=O) groups is 1. The highest BCUT2D eigenvalue weighted by Gasteiger charge is 2.28. The summed E-state index contributed by atoms with van der Waals surface area (Å²) >= 11 is 3.45. The van der Waals surface area contributed by atoms with Crippen molar-refractivity contribution in [3.05, 3.63) is 33.9 Å². The van der Waals surface area contributed by atoms with Crippen molar-refractivity contribution in [2.75, 3.05) is 18.1 Å². The number of aromatic amines is 1. The highest BCUT2D eigenvalue weighted by Crippen LogP contribution is 2.50. The first-order valence-corrected chi connectivity index (χ1v) is 10.3. The number of H-pyrrole nitrogens is 1. The molecule has 7 heteroatoms. The average molecular weight is 402 g/mol. The predicted molar refractivity (Wildman–Crippen MR) is 96.5 cm³/mol. The van der Waals surface area contributed by atoms with Gasteiger partial charge in [-0.05, 0) is 37.5 Å². The molecule has 1 aliphatic heterocycles. The quantitative estimate of drug-likeness (QED) is 0.648. The van der Waals surface area contributed by atoms with Crippen LogP contribution in [0.3, 0.4) is 0 Å². The topological polar surface area (TPSA) is 82.6 Å². The molecule has 0 amide bonds. The Labute approximate surface area is 144 Å². The Bertz CT molecular complexity index is 743. The lowest BCUT2D eigenvalue weighted by molar-refractivity contribution is 0.0528. The molecule has 1 atom stereocenters. The first kappa shape index (κ1) is 16.8. The number of halogens is 1. The third-order valence-corrected chi connectivity index (χ3v) is 6.55. The van der Waals surface area contributed by atoms with Gasteiger partial charge in [-0.3, -0.25) is 9.11 Å². The Morgan fingerprint density at radius 3 is 2.96 bits per heavy atom. The largest absolute Gasteiger partial charge is 0.462 e. The standard InChI is InChI=1S/C16H20BrNO4S/c1-2-22-16(19)13-7-11(17)6-12-14(8-18-15(12)13)10-4-3-5-23(20,21)9-10/h6-8,10,18,20-21H,2-5,9H2,1H3. The zero-order chi connectivity index (χ0) is 16.6. The van der Waals surface area contributed by atoms with Gasteiger partial charge in [0.2, 0.25) is 0 Å². The first-order valence-electron chi connectivity index (χ1n) is 7.62. The fraction of sp³-hybridized carbons (Fsp3) is 0.438. The number of hydrogen-bond donors (Lipinski definition) is 3. The summed E-state index contributed by atoms with van der Waals surface area (Å²) in [7, 11) is -2.49. The van der Waals surface area contributed by atoms with Gasteiger partial charge >= 0.3 is 5.97 Å². The van der Waals surface area contributed by atoms with Crippen LogP contribution in [0.4, 0.5) is 0 Å². The van der Waals surface area contributed by atoms with E-state index >= 15 is 0 Å². The summed E-state index contributed by atoms with van der Waals surface area (Å²) in [5, 5.41) is 0.935. The van der Waals surface area contributed by atoms with E-state index in [1.165, 1.54) is 0 Å². The highest BCUT2D eigenvalue weighted by atomic mass is 79.9. The molecule has 0 spiro atoms. The van der Waals surface area contributed by atoms with Gasteiger partial charge in [-0.2, -0.15) is 10.6 Å². The molecular weight excluding hydrogens is 382 g/mol. The molecular formula is C16H20BrNO4S. The lowest BCUT2D eigenvalue weighted by Gasteiger charge is -2.40. The summed E-state index contributed by atoms with van der Waals surface area (Å²) in [6.45, 7) is 2.10. The van der Waals surface area contributed by atoms with Crippen molar-refractivity contribution in [1.82, 2.24) is 4.98 Å². The number of nitrogens with one attached hydrogen (secondary N) is 1. The number of hydrogen-bond acceptors (Lipinski definition) is 4. The van der Waals surface area contributed by atoms with E-state index in [2.05, 4.69) is 20.9 Å². The van der Waals surface area contributed by atoms with Gasteiger partial charge in [0.15, 0.2) is 0 Å². The van der Waals surface area contributed by atoms with E-state index in [1.807, 2.05) is 12.3 Å². The minimum atomic E-state index is -2.49. The fourth-order valence-electron chi connectivity index (χ4n) is 3.22. The lowest BCUT2D eigenvalue weighted by Crippen LogP contribution is -2.20. The van der Waals surface area contributed by atoms with E-state index in [4.69, 9.17) is 4.74 Å². The zero-order valence-electron chi connectivity index (χ0n) is 12.8. The van der Waals surface area contributed by atoms with Gasteiger partial charge in [-0.25, -0.2) is 4.79 Å². The van der Waals surface area contributed by atoms with Crippen molar-refractivity contribution < 1.29 is 18.6 Å². The van der Waals surface area contributed by atoms with Crippen molar-refractivity contribution in [2.24, 2.45) is 0 Å². The molecule has 3 N–H and O–H groups in total. The summed E-state index contributed by atoms with van der Waals surface area (Å²) in [6.07, 6.45) is 3.60. The van der Waals surface area contributed by atoms with Crippen LogP contribution in [0.15, 0.2) is 22.8 Å². The van der Waals surface area contributed by atoms with Gasteiger partial charge in [-0.15, -0.1) is 0 Å². The molecule has 3 rings (SSSR count). The molecule has 1 fully saturated rings. The van der Waals surface area contributed by atoms with Crippen LogP contribution in [0.1, 0.15) is 41.6 Å². The molecule has 126 valence electrons. The molecule has 0 aliphatic carbocycles. The van der Waals surface area contributed by atoms with E-state index in [1.54, 1.807) is 13.0 Å². The predicted octanol–water partition coefficient (Wildman–Crippen LogP) is 4.74. The third-order valence-electron chi connectivity index (χ3n) is 4.21. The van der Waals surface area contributed by atoms with Crippen molar-refractivity contribution in [3.63, 3.8) is 0 Å². The highest BCUT2D eigenvalue weighted by molar-refractivity contribution is 9.10. The fourth-order valence-corrected chi connectivity index (χ4v) is 5.46. The Morgan fingerprint density at radius 1 is 1.48 bits per heavy atom. The Hall–Kier alpha value is -1.02. The van der Waals surface area contributed by atoms with Crippen LogP contribution >= 0.6 is 26.5 Å². The Kier molecular flexibility index (Phi) is 4.73. The van der Waals surface area contributed by atoms with Gasteiger partial charge in [0.1, 0.15) is 0 Å². The maximum atomic E-state index is 12.2. The Morgan fingerprint density at radius 2 is 2.26 bits per heavy atom. The zero-order valence-corrected chi connectivity index (χ0v) is 15.2. The average Bonchev–Trinajstić information content (AvgIpc) is 2.89. The molecule has 2 aromatic rings. The SMILES string of the molecule is CCOC(=O)c1cc(Br)cc2c(C3CCCS(O)(O)C3)c[nH]c12. The van der Waals surface area contributed by atoms with Crippen LogP contribution in [0, 0.1) is 0 Å². The molecule has 1 aromatic carbocycles. The number of esters is 1. The molecule has 23 heavy (non-hydrogen) atoms. The van der Waals surface area contributed by atoms with E-state index < -0.39 is 10.6 Å². The summed E-state index contributed by atoms with van der Waals surface area (Å²) in [4.78, 5) is 15.3. The monoisotopic (exact) mass is 401 g/mol. The summed E-state index contributed by atoms with van der Waals surface area (Å²) < 4.78 is 26.0. The number of carbonyl (C=O) groups excluding carboxylic acids is 1. The normalized spacial score (nSPS) is 22.0. The minimum absolute atomic E-state index is 0.0897. The molecule has 0 radical (unpaired) electrons. The number of rotatable bonds is 3. The van der Waals surface area contributed by atoms with E-state index in [0.717, 1.165) is 33.8 Å². The second-order valence-electron chi connectivity index (χ2n) is 5.85. The molecule has 1 unspecified atom stereocenters. The second-order valence-corrected chi connectivity index (χ2v) is 9.11. The van der Waals surface area contributed by atoms with Gasteiger partial charge < -0.3 is 9.72 Å². The van der Waals surface area contributed by atoms with Gasteiger partial charge in [-0.1, -0.05) is 15.9 Å². The Balaban J connectivity index is 2.05. The van der Waals surface area contributed by atoms with Crippen LogP contribution in [-0.4, -0.2) is 38.2 Å². The number of aromatic nitrogens is 1. The number of fused-ring (bicyclic) bond motifs is 1. The molecule has 1 aliphatic rings. The molecule has 2 heterocycles. The van der Waals surface area contributed by atoms with Crippen molar-refractivity contribution in [3.8, 4) is 0 Å². The van der Waals surface area contributed by atoms with Crippen LogP contribution in [-0.2, 0) is 4.74 Å². The summed E-state index contributed by atoms with van der Waals surface area (Å²) in [6, 6.07) is 3.71. The number of ether oxygens (including phenoxy) is 1. The van der Waals surface area contributed by atoms with Crippen molar-refractivity contribution in [1.29, 1.82) is 0 Å². The van der Waals surface area contributed by atoms with Gasteiger partial charge in [0, 0.05) is 33.5 Å².